The first-order valence-electron chi connectivity index (χ1n) is 6.80. The van der Waals surface area contributed by atoms with Crippen LogP contribution in [0, 0.1) is 0 Å². The first kappa shape index (κ1) is 14.3. The smallest absolute Gasteiger partial charge is 0.292 e. The van der Waals surface area contributed by atoms with Gasteiger partial charge in [-0.05, 0) is 17.7 Å². The van der Waals surface area contributed by atoms with Gasteiger partial charge in [-0.2, -0.15) is 10.2 Å². The lowest BCUT2D eigenvalue weighted by Crippen LogP contribution is -2.22. The van der Waals surface area contributed by atoms with Gasteiger partial charge in [0, 0.05) is 12.4 Å². The number of ether oxygens (including phenoxy) is 1. The molecular weight excluding hydrogens is 284 g/mol. The van der Waals surface area contributed by atoms with Gasteiger partial charge in [0.1, 0.15) is 11.3 Å². The van der Waals surface area contributed by atoms with Crippen LogP contribution in [0.3, 0.4) is 0 Å². The quantitative estimate of drug-likeness (QED) is 0.773. The van der Waals surface area contributed by atoms with Crippen molar-refractivity contribution in [2.24, 2.45) is 7.05 Å². The second-order valence-electron chi connectivity index (χ2n) is 5.00. The van der Waals surface area contributed by atoms with Crippen LogP contribution in [0.15, 0.2) is 41.5 Å². The fourth-order valence-electron chi connectivity index (χ4n) is 2.34. The number of benzene rings is 1. The zero-order chi connectivity index (χ0) is 15.7. The van der Waals surface area contributed by atoms with Crippen molar-refractivity contribution in [3.63, 3.8) is 0 Å². The highest BCUT2D eigenvalue weighted by atomic mass is 16.5. The maximum absolute atomic E-state index is 12.2. The summed E-state index contributed by atoms with van der Waals surface area (Å²) in [5, 5.41) is 19.2. The van der Waals surface area contributed by atoms with Crippen LogP contribution in [0.1, 0.15) is 11.7 Å². The van der Waals surface area contributed by atoms with Crippen molar-refractivity contribution in [2.75, 3.05) is 7.11 Å². The van der Waals surface area contributed by atoms with Gasteiger partial charge >= 0.3 is 0 Å². The van der Waals surface area contributed by atoms with E-state index >= 15 is 0 Å². The molecule has 3 rings (SSSR count). The predicted octanol–water partition coefficient (Wildman–Crippen LogP) is 0.872. The van der Waals surface area contributed by atoms with E-state index in [4.69, 9.17) is 4.74 Å². The number of aliphatic hydroxyl groups excluding tert-OH is 1. The molecule has 7 nitrogen and oxygen atoms in total. The van der Waals surface area contributed by atoms with Crippen LogP contribution in [0.25, 0.3) is 10.9 Å². The number of rotatable bonds is 4. The number of aromatic nitrogens is 4. The Labute approximate surface area is 126 Å². The first-order valence-corrected chi connectivity index (χ1v) is 6.80. The van der Waals surface area contributed by atoms with Crippen molar-refractivity contribution in [1.82, 2.24) is 19.6 Å². The Hall–Kier alpha value is -2.67. The lowest BCUT2D eigenvalue weighted by Gasteiger charge is -2.13. The van der Waals surface area contributed by atoms with E-state index in [0.29, 0.717) is 22.2 Å². The maximum Gasteiger partial charge on any atom is 0.292 e. The van der Waals surface area contributed by atoms with Gasteiger partial charge in [0.05, 0.1) is 32.2 Å². The largest absolute Gasteiger partial charge is 0.497 e. The Morgan fingerprint density at radius 3 is 2.86 bits per heavy atom. The average Bonchev–Trinajstić information content (AvgIpc) is 2.94. The summed E-state index contributed by atoms with van der Waals surface area (Å²) in [6.45, 7) is 0.177. The van der Waals surface area contributed by atoms with Crippen molar-refractivity contribution in [1.29, 1.82) is 0 Å². The second kappa shape index (κ2) is 5.61. The molecule has 2 aromatic heterocycles. The third-order valence-corrected chi connectivity index (χ3v) is 3.56. The molecule has 22 heavy (non-hydrogen) atoms. The van der Waals surface area contributed by atoms with Crippen molar-refractivity contribution in [3.05, 3.63) is 52.6 Å². The molecule has 2 heterocycles. The van der Waals surface area contributed by atoms with Gasteiger partial charge in [0.15, 0.2) is 0 Å². The minimum atomic E-state index is -0.795. The molecule has 0 spiro atoms. The zero-order valence-corrected chi connectivity index (χ0v) is 12.3. The Balaban J connectivity index is 1.96. The molecule has 0 radical (unpaired) electrons. The molecule has 7 heteroatoms. The Bertz CT molecular complexity index is 869. The van der Waals surface area contributed by atoms with Gasteiger partial charge in [-0.25, -0.2) is 4.68 Å². The number of nitrogens with zero attached hydrogens (tertiary/aromatic N) is 4. The van der Waals surface area contributed by atoms with Crippen LogP contribution in [0.5, 0.6) is 5.75 Å². The van der Waals surface area contributed by atoms with Gasteiger partial charge in [-0.1, -0.05) is 12.1 Å². The number of fused-ring (bicyclic) bond motifs is 1. The highest BCUT2D eigenvalue weighted by Crippen LogP contribution is 2.21. The molecule has 0 aliphatic carbocycles. The molecule has 3 aromatic rings. The summed E-state index contributed by atoms with van der Waals surface area (Å²) in [7, 11) is 3.15. The van der Waals surface area contributed by atoms with Gasteiger partial charge in [0.25, 0.3) is 5.56 Å². The van der Waals surface area contributed by atoms with Crippen LogP contribution in [0.2, 0.25) is 0 Å². The highest BCUT2D eigenvalue weighted by Gasteiger charge is 2.14. The van der Waals surface area contributed by atoms with E-state index in [1.54, 1.807) is 44.8 Å². The van der Waals surface area contributed by atoms with Crippen LogP contribution in [-0.2, 0) is 13.6 Å². The minimum Gasteiger partial charge on any atom is -0.497 e. The zero-order valence-electron chi connectivity index (χ0n) is 12.3. The Morgan fingerprint density at radius 2 is 2.09 bits per heavy atom. The Morgan fingerprint density at radius 1 is 1.32 bits per heavy atom. The lowest BCUT2D eigenvalue weighted by molar-refractivity contribution is 0.153. The van der Waals surface area contributed by atoms with Gasteiger partial charge in [-0.15, -0.1) is 0 Å². The van der Waals surface area contributed by atoms with E-state index in [-0.39, 0.29) is 12.1 Å². The highest BCUT2D eigenvalue weighted by molar-refractivity contribution is 5.76. The van der Waals surface area contributed by atoms with Gasteiger partial charge < -0.3 is 9.84 Å². The van der Waals surface area contributed by atoms with Crippen molar-refractivity contribution < 1.29 is 9.84 Å². The van der Waals surface area contributed by atoms with Crippen molar-refractivity contribution in [3.8, 4) is 5.75 Å². The average molecular weight is 300 g/mol. The van der Waals surface area contributed by atoms with Crippen molar-refractivity contribution >= 4 is 10.9 Å². The number of hydrogen-bond donors (Lipinski definition) is 1. The molecule has 0 unspecified atom stereocenters. The molecule has 1 aromatic carbocycles. The molecule has 1 atom stereocenters. The summed E-state index contributed by atoms with van der Waals surface area (Å²) in [5.74, 6) is 0.669. The molecule has 0 aliphatic heterocycles. The van der Waals surface area contributed by atoms with Crippen LogP contribution >= 0.6 is 0 Å². The van der Waals surface area contributed by atoms with E-state index in [1.807, 2.05) is 6.07 Å². The predicted molar refractivity (Wildman–Crippen MR) is 80.7 cm³/mol. The van der Waals surface area contributed by atoms with E-state index in [1.165, 1.54) is 9.36 Å². The topological polar surface area (TPSA) is 82.2 Å². The van der Waals surface area contributed by atoms with Crippen molar-refractivity contribution in [2.45, 2.75) is 12.6 Å². The van der Waals surface area contributed by atoms with E-state index in [9.17, 15) is 9.90 Å². The fourth-order valence-corrected chi connectivity index (χ4v) is 2.34. The molecular formula is C15H16N4O3. The van der Waals surface area contributed by atoms with Crippen LogP contribution < -0.4 is 10.3 Å². The maximum atomic E-state index is 12.2. The summed E-state index contributed by atoms with van der Waals surface area (Å²) in [6.07, 6.45) is 2.36. The first-order chi connectivity index (χ1) is 10.6. The van der Waals surface area contributed by atoms with Crippen LogP contribution in [-0.4, -0.2) is 31.8 Å². The number of hydrogen-bond acceptors (Lipinski definition) is 5. The molecule has 0 amide bonds. The minimum absolute atomic E-state index is 0.177. The van der Waals surface area contributed by atoms with E-state index < -0.39 is 6.10 Å². The molecule has 0 saturated carbocycles. The standard InChI is InChI=1S/C15H16N4O3/c1-18-15(21)14-11(7-16-18)8-17-19(14)9-13(20)10-4-3-5-12(6-10)22-2/h3-8,13,20H,9H2,1-2H3/t13-/m1/s1. The number of methoxy groups -OCH3 is 1. The van der Waals surface area contributed by atoms with Gasteiger partial charge in [-0.3, -0.25) is 9.48 Å². The molecule has 0 bridgehead atoms. The van der Waals surface area contributed by atoms with Crippen LogP contribution in [0.4, 0.5) is 0 Å². The summed E-state index contributed by atoms with van der Waals surface area (Å²) < 4.78 is 7.90. The third kappa shape index (κ3) is 2.46. The Kier molecular flexibility index (Phi) is 3.64. The number of aryl methyl sites for hydroxylation is 1. The SMILES string of the molecule is COc1cccc([C@H](O)Cn2ncc3cnn(C)c(=O)c32)c1. The molecule has 1 N–H and O–H groups in total. The summed E-state index contributed by atoms with van der Waals surface area (Å²) in [4.78, 5) is 12.2. The second-order valence-corrected chi connectivity index (χ2v) is 5.00. The third-order valence-electron chi connectivity index (χ3n) is 3.56. The summed E-state index contributed by atoms with van der Waals surface area (Å²) in [5.41, 5.74) is 0.890. The van der Waals surface area contributed by atoms with Gasteiger partial charge in [0.2, 0.25) is 0 Å². The normalized spacial score (nSPS) is 12.5. The summed E-state index contributed by atoms with van der Waals surface area (Å²) >= 11 is 0. The molecule has 0 fully saturated rings. The molecule has 114 valence electrons. The number of aliphatic hydroxyl groups is 1. The van der Waals surface area contributed by atoms with E-state index in [2.05, 4.69) is 10.2 Å². The monoisotopic (exact) mass is 300 g/mol. The lowest BCUT2D eigenvalue weighted by atomic mass is 10.1. The fraction of sp³-hybridized carbons (Fsp3) is 0.267. The summed E-state index contributed by atoms with van der Waals surface area (Å²) in [6, 6.07) is 7.18. The molecule has 0 saturated heterocycles. The van der Waals surface area contributed by atoms with E-state index in [0.717, 1.165) is 0 Å². The molecule has 0 aliphatic rings.